The van der Waals surface area contributed by atoms with Gasteiger partial charge in [-0.3, -0.25) is 4.79 Å². The van der Waals surface area contributed by atoms with E-state index in [2.05, 4.69) is 21.0 Å². The normalized spacial score (nSPS) is 12.5. The van der Waals surface area contributed by atoms with Crippen LogP contribution in [-0.4, -0.2) is 21.6 Å². The van der Waals surface area contributed by atoms with Gasteiger partial charge in [0.2, 0.25) is 0 Å². The molecule has 1 aromatic carbocycles. The molecule has 2 rings (SSSR count). The van der Waals surface area contributed by atoms with E-state index in [1.807, 2.05) is 0 Å². The largest absolute Gasteiger partial charge is 0.383 e. The molecule has 1 heterocycles. The van der Waals surface area contributed by atoms with Crippen molar-refractivity contribution in [1.29, 1.82) is 5.26 Å². The SMILES string of the molecule is CC(C)=C(C(=O)CCc1nc2ccc(C#N)cc2[nH]1)/C(N)=N\C(N)=C(/C)Cl. The van der Waals surface area contributed by atoms with Gasteiger partial charge < -0.3 is 16.5 Å². The zero-order chi connectivity index (χ0) is 20.1. The Labute approximate surface area is 162 Å². The Hall–Kier alpha value is -3.11. The van der Waals surface area contributed by atoms with Gasteiger partial charge in [-0.2, -0.15) is 5.26 Å². The third-order valence-electron chi connectivity index (χ3n) is 3.88. The molecular formula is C19H21ClN6O. The highest BCUT2D eigenvalue weighted by Crippen LogP contribution is 2.16. The highest BCUT2D eigenvalue weighted by molar-refractivity contribution is 6.29. The summed E-state index contributed by atoms with van der Waals surface area (Å²) in [4.78, 5) is 24.3. The summed E-state index contributed by atoms with van der Waals surface area (Å²) in [5, 5.41) is 9.27. The highest BCUT2D eigenvalue weighted by atomic mass is 35.5. The second kappa shape index (κ2) is 8.52. The minimum atomic E-state index is -0.158. The summed E-state index contributed by atoms with van der Waals surface area (Å²) in [5.41, 5.74) is 14.8. The van der Waals surface area contributed by atoms with Gasteiger partial charge in [-0.15, -0.1) is 0 Å². The number of aliphatic imine (C=N–C) groups is 1. The van der Waals surface area contributed by atoms with Crippen LogP contribution in [0.25, 0.3) is 11.0 Å². The lowest BCUT2D eigenvalue weighted by Crippen LogP contribution is -2.24. The molecule has 2 aromatic rings. The molecule has 7 nitrogen and oxygen atoms in total. The standard InChI is InChI=1S/C19H21ClN6O/c1-10(2)17(19(23)26-18(22)11(3)20)15(27)6-7-16-24-13-5-4-12(9-21)8-14(13)25-16/h4-5,8H,6-7,22H2,1-3H3,(H2,23,26)(H,24,25)/b18-11+. The van der Waals surface area contributed by atoms with Crippen molar-refractivity contribution >= 4 is 34.3 Å². The minimum absolute atomic E-state index is 0.0424. The van der Waals surface area contributed by atoms with Crippen molar-refractivity contribution in [2.75, 3.05) is 0 Å². The Morgan fingerprint density at radius 3 is 2.63 bits per heavy atom. The molecule has 0 aliphatic carbocycles. The van der Waals surface area contributed by atoms with Crippen LogP contribution in [-0.2, 0) is 11.2 Å². The fraction of sp³-hybridized carbons (Fsp3) is 0.263. The second-order valence-corrected chi connectivity index (χ2v) is 6.81. The number of carbonyl (C=O) groups excluding carboxylic acids is 1. The van der Waals surface area contributed by atoms with E-state index >= 15 is 0 Å². The van der Waals surface area contributed by atoms with Gasteiger partial charge >= 0.3 is 0 Å². The molecule has 0 spiro atoms. The Morgan fingerprint density at radius 2 is 2.04 bits per heavy atom. The number of amidine groups is 1. The minimum Gasteiger partial charge on any atom is -0.383 e. The first-order chi connectivity index (χ1) is 12.7. The maximum absolute atomic E-state index is 12.7. The molecule has 0 aliphatic rings. The Balaban J connectivity index is 2.19. The van der Waals surface area contributed by atoms with E-state index in [-0.39, 0.29) is 23.9 Å². The second-order valence-electron chi connectivity index (χ2n) is 6.24. The van der Waals surface area contributed by atoms with E-state index < -0.39 is 0 Å². The zero-order valence-electron chi connectivity index (χ0n) is 15.4. The van der Waals surface area contributed by atoms with Crippen molar-refractivity contribution < 1.29 is 4.79 Å². The average Bonchev–Trinajstić information content (AvgIpc) is 3.01. The molecular weight excluding hydrogens is 364 g/mol. The van der Waals surface area contributed by atoms with Gasteiger partial charge in [-0.1, -0.05) is 17.2 Å². The van der Waals surface area contributed by atoms with E-state index in [1.165, 1.54) is 0 Å². The lowest BCUT2D eigenvalue weighted by atomic mass is 10.0. The molecule has 0 fully saturated rings. The Morgan fingerprint density at radius 1 is 1.33 bits per heavy atom. The van der Waals surface area contributed by atoms with Gasteiger partial charge in [0.15, 0.2) is 5.78 Å². The van der Waals surface area contributed by atoms with E-state index in [1.54, 1.807) is 39.0 Å². The van der Waals surface area contributed by atoms with Crippen LogP contribution in [0.1, 0.15) is 38.6 Å². The fourth-order valence-corrected chi connectivity index (χ4v) is 2.59. The maximum Gasteiger partial charge on any atom is 0.166 e. The summed E-state index contributed by atoms with van der Waals surface area (Å²) in [6.45, 7) is 5.17. The smallest absolute Gasteiger partial charge is 0.166 e. The Bertz CT molecular complexity index is 1010. The molecule has 1 aromatic heterocycles. The molecule has 0 aliphatic heterocycles. The summed E-state index contributed by atoms with van der Waals surface area (Å²) in [7, 11) is 0. The number of benzene rings is 1. The first-order valence-electron chi connectivity index (χ1n) is 8.28. The third kappa shape index (κ3) is 4.96. The van der Waals surface area contributed by atoms with Gasteiger partial charge in [-0.05, 0) is 39.0 Å². The van der Waals surface area contributed by atoms with E-state index in [0.29, 0.717) is 28.4 Å². The number of nitrogens with one attached hydrogen (secondary N) is 1. The third-order valence-corrected chi connectivity index (χ3v) is 4.07. The van der Waals surface area contributed by atoms with Gasteiger partial charge in [0, 0.05) is 12.8 Å². The topological polar surface area (TPSA) is 134 Å². The van der Waals surface area contributed by atoms with Crippen molar-refractivity contribution in [3.63, 3.8) is 0 Å². The van der Waals surface area contributed by atoms with E-state index in [4.69, 9.17) is 28.3 Å². The molecule has 0 bridgehead atoms. The number of hydrogen-bond donors (Lipinski definition) is 3. The molecule has 8 heteroatoms. The molecule has 0 saturated carbocycles. The lowest BCUT2D eigenvalue weighted by molar-refractivity contribution is -0.115. The predicted molar refractivity (Wildman–Crippen MR) is 107 cm³/mol. The highest BCUT2D eigenvalue weighted by Gasteiger charge is 2.17. The molecule has 0 atom stereocenters. The van der Waals surface area contributed by atoms with Crippen molar-refractivity contribution in [3.8, 4) is 6.07 Å². The number of carbonyl (C=O) groups is 1. The lowest BCUT2D eigenvalue weighted by Gasteiger charge is -2.09. The number of nitrogens with two attached hydrogens (primary N) is 2. The summed E-state index contributed by atoms with van der Waals surface area (Å²) < 4.78 is 0. The number of halogens is 1. The number of aromatic amines is 1. The number of imidazole rings is 1. The summed E-state index contributed by atoms with van der Waals surface area (Å²) in [6.07, 6.45) is 0.602. The zero-order valence-corrected chi connectivity index (χ0v) is 16.2. The first kappa shape index (κ1) is 20.2. The fourth-order valence-electron chi connectivity index (χ4n) is 2.55. The first-order valence-corrected chi connectivity index (χ1v) is 8.66. The Kier molecular flexibility index (Phi) is 6.37. The predicted octanol–water partition coefficient (Wildman–Crippen LogP) is 3.02. The molecule has 0 amide bonds. The van der Waals surface area contributed by atoms with Crippen LogP contribution in [0.4, 0.5) is 0 Å². The number of allylic oxidation sites excluding steroid dienone is 2. The number of aromatic nitrogens is 2. The van der Waals surface area contributed by atoms with Gasteiger partial charge in [-0.25, -0.2) is 9.98 Å². The number of ketones is 1. The molecule has 140 valence electrons. The van der Waals surface area contributed by atoms with Crippen molar-refractivity contribution in [1.82, 2.24) is 9.97 Å². The van der Waals surface area contributed by atoms with E-state index in [9.17, 15) is 4.79 Å². The number of rotatable bonds is 6. The summed E-state index contributed by atoms with van der Waals surface area (Å²) in [6, 6.07) is 7.28. The van der Waals surface area contributed by atoms with Crippen LogP contribution in [0.5, 0.6) is 0 Å². The van der Waals surface area contributed by atoms with Crippen LogP contribution in [0.3, 0.4) is 0 Å². The van der Waals surface area contributed by atoms with Crippen LogP contribution in [0.15, 0.2) is 45.2 Å². The number of H-pyrrole nitrogens is 1. The molecule has 27 heavy (non-hydrogen) atoms. The number of nitrogens with zero attached hydrogens (tertiary/aromatic N) is 3. The molecule has 0 unspecified atom stereocenters. The number of aryl methyl sites for hydroxylation is 1. The van der Waals surface area contributed by atoms with Crippen molar-refractivity contribution in [2.24, 2.45) is 16.5 Å². The molecule has 0 radical (unpaired) electrons. The number of fused-ring (bicyclic) bond motifs is 1. The van der Waals surface area contributed by atoms with Crippen molar-refractivity contribution in [2.45, 2.75) is 33.6 Å². The van der Waals surface area contributed by atoms with Crippen LogP contribution in [0.2, 0.25) is 0 Å². The van der Waals surface area contributed by atoms with Crippen LogP contribution < -0.4 is 11.5 Å². The van der Waals surface area contributed by atoms with Gasteiger partial charge in [0.1, 0.15) is 17.5 Å². The summed E-state index contributed by atoms with van der Waals surface area (Å²) in [5.74, 6) is 0.620. The maximum atomic E-state index is 12.7. The van der Waals surface area contributed by atoms with Crippen LogP contribution >= 0.6 is 11.6 Å². The van der Waals surface area contributed by atoms with Crippen LogP contribution in [0, 0.1) is 11.3 Å². The van der Waals surface area contributed by atoms with Gasteiger partial charge in [0.25, 0.3) is 0 Å². The quantitative estimate of drug-likeness (QED) is 0.399. The number of Topliss-reactive ketones (excluding diaryl/α,β-unsaturated/α-hetero) is 1. The number of hydrogen-bond acceptors (Lipinski definition) is 5. The van der Waals surface area contributed by atoms with E-state index in [0.717, 1.165) is 16.6 Å². The van der Waals surface area contributed by atoms with Crippen molar-refractivity contribution in [3.05, 3.63) is 51.6 Å². The summed E-state index contributed by atoms with van der Waals surface area (Å²) >= 11 is 5.80. The number of nitriles is 1. The monoisotopic (exact) mass is 384 g/mol. The molecule has 5 N–H and O–H groups in total. The van der Waals surface area contributed by atoms with Gasteiger partial charge in [0.05, 0.1) is 33.3 Å². The molecule has 0 saturated heterocycles. The average molecular weight is 385 g/mol.